The minimum absolute atomic E-state index is 0.0783. The molecule has 0 aromatic heterocycles. The summed E-state index contributed by atoms with van der Waals surface area (Å²) in [6, 6.07) is 12.1. The monoisotopic (exact) mass is 390 g/mol. The number of halogens is 3. The molecule has 0 fully saturated rings. The number of carbonyl (C=O) groups excluding carboxylic acids is 2. The number of fused-ring (bicyclic) bond motifs is 1. The number of hydrogen-bond donors (Lipinski definition) is 2. The SMILES string of the molecule is O=C(CC1CCc2ccccc21)NCCNC(=O)c1ccc(C(F)(F)F)cc1. The van der Waals surface area contributed by atoms with Crippen molar-refractivity contribution < 1.29 is 22.8 Å². The van der Waals surface area contributed by atoms with Crippen LogP contribution in [-0.2, 0) is 17.4 Å². The van der Waals surface area contributed by atoms with E-state index < -0.39 is 17.6 Å². The minimum Gasteiger partial charge on any atom is -0.354 e. The minimum atomic E-state index is -4.43. The fraction of sp³-hybridized carbons (Fsp3) is 0.333. The number of alkyl halides is 3. The molecule has 1 unspecified atom stereocenters. The van der Waals surface area contributed by atoms with Crippen LogP contribution in [0.4, 0.5) is 13.2 Å². The normalized spacial score (nSPS) is 15.8. The molecule has 2 aromatic rings. The van der Waals surface area contributed by atoms with Gasteiger partial charge in [0.05, 0.1) is 5.56 Å². The van der Waals surface area contributed by atoms with Gasteiger partial charge in [0.25, 0.3) is 5.91 Å². The van der Waals surface area contributed by atoms with Crippen molar-refractivity contribution in [2.75, 3.05) is 13.1 Å². The molecule has 2 amide bonds. The van der Waals surface area contributed by atoms with Crippen LogP contribution in [0.15, 0.2) is 48.5 Å². The Morgan fingerprint density at radius 3 is 2.36 bits per heavy atom. The predicted octanol–water partition coefficient (Wildman–Crippen LogP) is 3.67. The smallest absolute Gasteiger partial charge is 0.354 e. The number of benzene rings is 2. The molecule has 0 saturated carbocycles. The van der Waals surface area contributed by atoms with Gasteiger partial charge in [-0.05, 0) is 54.2 Å². The Labute approximate surface area is 161 Å². The van der Waals surface area contributed by atoms with E-state index in [2.05, 4.69) is 22.8 Å². The van der Waals surface area contributed by atoms with E-state index in [4.69, 9.17) is 0 Å². The molecule has 0 spiro atoms. The predicted molar refractivity (Wildman–Crippen MR) is 98.9 cm³/mol. The Kier molecular flexibility index (Phi) is 6.02. The number of carbonyl (C=O) groups is 2. The number of amides is 2. The van der Waals surface area contributed by atoms with Gasteiger partial charge in [-0.1, -0.05) is 24.3 Å². The second-order valence-electron chi connectivity index (χ2n) is 6.82. The first-order valence-corrected chi connectivity index (χ1v) is 9.14. The highest BCUT2D eigenvalue weighted by atomic mass is 19.4. The maximum absolute atomic E-state index is 12.5. The second kappa shape index (κ2) is 8.46. The van der Waals surface area contributed by atoms with E-state index in [-0.39, 0.29) is 30.5 Å². The van der Waals surface area contributed by atoms with Crippen LogP contribution in [0.5, 0.6) is 0 Å². The van der Waals surface area contributed by atoms with Crippen LogP contribution in [0.1, 0.15) is 45.8 Å². The van der Waals surface area contributed by atoms with Gasteiger partial charge in [0.15, 0.2) is 0 Å². The third-order valence-electron chi connectivity index (χ3n) is 4.90. The van der Waals surface area contributed by atoms with Crippen molar-refractivity contribution in [2.24, 2.45) is 0 Å². The second-order valence-corrected chi connectivity index (χ2v) is 6.82. The van der Waals surface area contributed by atoms with Crippen molar-refractivity contribution in [1.82, 2.24) is 10.6 Å². The quantitative estimate of drug-likeness (QED) is 0.740. The Morgan fingerprint density at radius 2 is 1.64 bits per heavy atom. The molecule has 1 atom stereocenters. The van der Waals surface area contributed by atoms with E-state index in [0.29, 0.717) is 6.42 Å². The van der Waals surface area contributed by atoms with E-state index in [1.54, 1.807) is 0 Å². The molecule has 3 rings (SSSR count). The molecule has 2 N–H and O–H groups in total. The molecule has 0 bridgehead atoms. The van der Waals surface area contributed by atoms with Gasteiger partial charge in [0.2, 0.25) is 5.91 Å². The van der Waals surface area contributed by atoms with Crippen LogP contribution in [0.25, 0.3) is 0 Å². The zero-order valence-corrected chi connectivity index (χ0v) is 15.2. The van der Waals surface area contributed by atoms with Gasteiger partial charge in [-0.3, -0.25) is 9.59 Å². The Morgan fingerprint density at radius 1 is 0.964 bits per heavy atom. The first-order valence-electron chi connectivity index (χ1n) is 9.14. The van der Waals surface area contributed by atoms with E-state index in [1.807, 2.05) is 12.1 Å². The molecular weight excluding hydrogens is 369 g/mol. The number of rotatable bonds is 6. The van der Waals surface area contributed by atoms with Crippen LogP contribution in [0, 0.1) is 0 Å². The molecule has 1 aliphatic carbocycles. The summed E-state index contributed by atoms with van der Waals surface area (Å²) in [5.74, 6) is -0.337. The standard InChI is InChI=1S/C21H21F3N2O2/c22-21(23,24)17-9-7-15(8-10-17)20(28)26-12-11-25-19(27)13-16-6-5-14-3-1-2-4-18(14)16/h1-4,7-10,16H,5-6,11-13H2,(H,25,27)(H,26,28). The highest BCUT2D eigenvalue weighted by Gasteiger charge is 2.30. The van der Waals surface area contributed by atoms with E-state index in [1.165, 1.54) is 11.1 Å². The van der Waals surface area contributed by atoms with Crippen molar-refractivity contribution in [3.05, 3.63) is 70.8 Å². The van der Waals surface area contributed by atoms with Crippen molar-refractivity contribution in [3.8, 4) is 0 Å². The maximum atomic E-state index is 12.5. The first-order chi connectivity index (χ1) is 13.3. The number of aryl methyl sites for hydroxylation is 1. The summed E-state index contributed by atoms with van der Waals surface area (Å²) < 4.78 is 37.6. The zero-order valence-electron chi connectivity index (χ0n) is 15.2. The van der Waals surface area contributed by atoms with E-state index in [0.717, 1.165) is 37.1 Å². The number of nitrogens with one attached hydrogen (secondary N) is 2. The highest BCUT2D eigenvalue weighted by molar-refractivity contribution is 5.94. The first kappa shape index (κ1) is 19.9. The van der Waals surface area contributed by atoms with Crippen LogP contribution in [-0.4, -0.2) is 24.9 Å². The molecule has 0 heterocycles. The Bertz CT molecular complexity index is 847. The van der Waals surface area contributed by atoms with Crippen LogP contribution in [0.3, 0.4) is 0 Å². The van der Waals surface area contributed by atoms with Gasteiger partial charge in [0, 0.05) is 25.1 Å². The van der Waals surface area contributed by atoms with Crippen molar-refractivity contribution >= 4 is 11.8 Å². The summed E-state index contributed by atoms with van der Waals surface area (Å²) in [4.78, 5) is 24.1. The maximum Gasteiger partial charge on any atom is 0.416 e. The lowest BCUT2D eigenvalue weighted by molar-refractivity contribution is -0.137. The molecule has 148 valence electrons. The largest absolute Gasteiger partial charge is 0.416 e. The molecule has 2 aromatic carbocycles. The van der Waals surface area contributed by atoms with Crippen LogP contribution >= 0.6 is 0 Å². The van der Waals surface area contributed by atoms with E-state index >= 15 is 0 Å². The lowest BCUT2D eigenvalue weighted by Gasteiger charge is -2.12. The third kappa shape index (κ3) is 4.91. The van der Waals surface area contributed by atoms with Gasteiger partial charge < -0.3 is 10.6 Å². The van der Waals surface area contributed by atoms with Crippen LogP contribution < -0.4 is 10.6 Å². The topological polar surface area (TPSA) is 58.2 Å². The third-order valence-corrected chi connectivity index (χ3v) is 4.90. The molecule has 4 nitrogen and oxygen atoms in total. The summed E-state index contributed by atoms with van der Waals surface area (Å²) >= 11 is 0. The van der Waals surface area contributed by atoms with E-state index in [9.17, 15) is 22.8 Å². The summed E-state index contributed by atoms with van der Waals surface area (Å²) in [6.45, 7) is 0.465. The van der Waals surface area contributed by atoms with Crippen molar-refractivity contribution in [1.29, 1.82) is 0 Å². The van der Waals surface area contributed by atoms with Gasteiger partial charge in [-0.2, -0.15) is 13.2 Å². The van der Waals surface area contributed by atoms with Crippen LogP contribution in [0.2, 0.25) is 0 Å². The van der Waals surface area contributed by atoms with Crippen molar-refractivity contribution in [3.63, 3.8) is 0 Å². The lowest BCUT2D eigenvalue weighted by Crippen LogP contribution is -2.35. The molecular formula is C21H21F3N2O2. The average molecular weight is 390 g/mol. The van der Waals surface area contributed by atoms with Crippen molar-refractivity contribution in [2.45, 2.75) is 31.4 Å². The van der Waals surface area contributed by atoms with Gasteiger partial charge >= 0.3 is 6.18 Å². The molecule has 1 aliphatic rings. The summed E-state index contributed by atoms with van der Waals surface area (Å²) in [6.07, 6.45) is -2.09. The molecule has 0 radical (unpaired) electrons. The fourth-order valence-corrected chi connectivity index (χ4v) is 3.44. The summed E-state index contributed by atoms with van der Waals surface area (Å²) in [7, 11) is 0. The molecule has 7 heteroatoms. The lowest BCUT2D eigenvalue weighted by atomic mass is 9.97. The molecule has 0 aliphatic heterocycles. The Balaban J connectivity index is 1.40. The molecule has 0 saturated heterocycles. The zero-order chi connectivity index (χ0) is 20.1. The highest BCUT2D eigenvalue weighted by Crippen LogP contribution is 2.35. The summed E-state index contributed by atoms with van der Waals surface area (Å²) in [5, 5.41) is 5.36. The fourth-order valence-electron chi connectivity index (χ4n) is 3.44. The molecule has 28 heavy (non-hydrogen) atoms. The van der Waals surface area contributed by atoms with Gasteiger partial charge in [0.1, 0.15) is 0 Å². The average Bonchev–Trinajstić information content (AvgIpc) is 3.07. The number of hydrogen-bond acceptors (Lipinski definition) is 2. The van der Waals surface area contributed by atoms with Gasteiger partial charge in [-0.25, -0.2) is 0 Å². The van der Waals surface area contributed by atoms with Gasteiger partial charge in [-0.15, -0.1) is 0 Å². The Hall–Kier alpha value is -2.83. The summed E-state index contributed by atoms with van der Waals surface area (Å²) in [5.41, 5.74) is 1.86.